The molecule has 1 aliphatic carbocycles. The summed E-state index contributed by atoms with van der Waals surface area (Å²) < 4.78 is 33.9. The van der Waals surface area contributed by atoms with Gasteiger partial charge in [-0.1, -0.05) is 17.4 Å². The van der Waals surface area contributed by atoms with Crippen LogP contribution in [0.5, 0.6) is 0 Å². The normalized spacial score (nSPS) is 16.7. The summed E-state index contributed by atoms with van der Waals surface area (Å²) in [6.07, 6.45) is 5.11. The Hall–Kier alpha value is -2.42. The molecule has 1 amide bonds. The number of hydrogen-bond acceptors (Lipinski definition) is 5. The molecule has 2 heterocycles. The zero-order valence-electron chi connectivity index (χ0n) is 18.5. The third-order valence-corrected chi connectivity index (χ3v) is 7.46. The van der Waals surface area contributed by atoms with E-state index >= 15 is 0 Å². The zero-order chi connectivity index (χ0) is 22.8. The Morgan fingerprint density at radius 2 is 1.88 bits per heavy atom. The quantitative estimate of drug-likeness (QED) is 0.517. The lowest BCUT2D eigenvalue weighted by atomic mass is 9.90. The topological polar surface area (TPSA) is 45.7 Å². The van der Waals surface area contributed by atoms with Gasteiger partial charge in [0.1, 0.15) is 11.3 Å². The Morgan fingerprint density at radius 1 is 1.09 bits per heavy atom. The summed E-state index contributed by atoms with van der Waals surface area (Å²) in [7, 11) is 0. The number of halogens is 2. The third-order valence-electron chi connectivity index (χ3n) is 6.43. The fraction of sp³-hybridized carbons (Fsp3) is 0.440. The number of carbonyl (C=O) groups is 1. The van der Waals surface area contributed by atoms with Gasteiger partial charge < -0.3 is 4.74 Å². The van der Waals surface area contributed by atoms with Crippen molar-refractivity contribution in [2.75, 3.05) is 44.3 Å². The van der Waals surface area contributed by atoms with Crippen molar-refractivity contribution in [1.29, 1.82) is 0 Å². The summed E-state index contributed by atoms with van der Waals surface area (Å²) in [6.45, 7) is 4.50. The minimum Gasteiger partial charge on any atom is -0.379 e. The molecule has 0 radical (unpaired) electrons. The van der Waals surface area contributed by atoms with Gasteiger partial charge in [-0.3, -0.25) is 14.6 Å². The lowest BCUT2D eigenvalue weighted by Crippen LogP contribution is -2.39. The van der Waals surface area contributed by atoms with Crippen LogP contribution in [0.25, 0.3) is 10.2 Å². The second-order valence-electron chi connectivity index (χ2n) is 8.69. The number of morpholine rings is 1. The Kier molecular flexibility index (Phi) is 6.66. The van der Waals surface area contributed by atoms with Crippen LogP contribution in [0, 0.1) is 11.6 Å². The molecule has 1 aliphatic heterocycles. The number of hydrogen-bond donors (Lipinski definition) is 0. The zero-order valence-corrected chi connectivity index (χ0v) is 19.3. The van der Waals surface area contributed by atoms with Gasteiger partial charge in [-0.2, -0.15) is 0 Å². The molecule has 2 aliphatic rings. The van der Waals surface area contributed by atoms with Crippen molar-refractivity contribution in [2.24, 2.45) is 0 Å². The van der Waals surface area contributed by atoms with Crippen molar-refractivity contribution in [1.82, 2.24) is 9.88 Å². The molecule has 5 nitrogen and oxygen atoms in total. The van der Waals surface area contributed by atoms with Crippen LogP contribution in [0.3, 0.4) is 0 Å². The molecule has 0 saturated carbocycles. The number of anilines is 1. The second-order valence-corrected chi connectivity index (χ2v) is 9.69. The molecule has 1 fully saturated rings. The molecule has 0 atom stereocenters. The standard InChI is InChI=1S/C25H27F2N3O2S/c26-20-15-21(27)23-22(16-20)33-25(28-23)30(9-3-8-29-10-12-32-13-11-29)24(31)19-7-6-17-4-1-2-5-18(17)14-19/h6-7,14-16H,1-5,8-13H2. The maximum atomic E-state index is 14.3. The van der Waals surface area contributed by atoms with Crippen LogP contribution in [-0.2, 0) is 17.6 Å². The average molecular weight is 472 g/mol. The number of benzene rings is 2. The van der Waals surface area contributed by atoms with E-state index in [0.717, 1.165) is 75.9 Å². The summed E-state index contributed by atoms with van der Waals surface area (Å²) in [6, 6.07) is 8.05. The molecule has 5 rings (SSSR count). The molecule has 0 bridgehead atoms. The smallest absolute Gasteiger partial charge is 0.260 e. The number of thiazole rings is 1. The van der Waals surface area contributed by atoms with Crippen LogP contribution in [-0.4, -0.2) is 55.2 Å². The van der Waals surface area contributed by atoms with Crippen molar-refractivity contribution >= 4 is 32.6 Å². The Bertz CT molecular complexity index is 1160. The predicted octanol–water partition coefficient (Wildman–Crippen LogP) is 4.82. The van der Waals surface area contributed by atoms with Crippen LogP contribution >= 0.6 is 11.3 Å². The van der Waals surface area contributed by atoms with E-state index in [4.69, 9.17) is 4.74 Å². The summed E-state index contributed by atoms with van der Waals surface area (Å²) in [4.78, 5) is 22.0. The van der Waals surface area contributed by atoms with Gasteiger partial charge in [-0.25, -0.2) is 13.8 Å². The highest BCUT2D eigenvalue weighted by Gasteiger charge is 2.24. The van der Waals surface area contributed by atoms with Crippen LogP contribution in [0.15, 0.2) is 30.3 Å². The molecule has 0 unspecified atom stereocenters. The minimum atomic E-state index is -0.706. The molecule has 8 heteroatoms. The molecule has 1 aromatic heterocycles. The lowest BCUT2D eigenvalue weighted by molar-refractivity contribution is 0.0376. The Morgan fingerprint density at radius 3 is 2.70 bits per heavy atom. The third kappa shape index (κ3) is 4.93. The van der Waals surface area contributed by atoms with E-state index in [9.17, 15) is 13.6 Å². The van der Waals surface area contributed by atoms with E-state index in [1.807, 2.05) is 12.1 Å². The highest BCUT2D eigenvalue weighted by Crippen LogP contribution is 2.32. The van der Waals surface area contributed by atoms with E-state index < -0.39 is 11.6 Å². The van der Waals surface area contributed by atoms with E-state index in [0.29, 0.717) is 21.9 Å². The number of nitrogens with zero attached hydrogens (tertiary/aromatic N) is 3. The first kappa shape index (κ1) is 22.4. The van der Waals surface area contributed by atoms with Crippen LogP contribution < -0.4 is 4.90 Å². The first-order valence-corrected chi connectivity index (χ1v) is 12.4. The SMILES string of the molecule is O=C(c1ccc2c(c1)CCCC2)N(CCCN1CCOCC1)c1nc2c(F)cc(F)cc2s1. The molecule has 0 N–H and O–H groups in total. The minimum absolute atomic E-state index is 0.104. The molecule has 2 aromatic carbocycles. The fourth-order valence-electron chi connectivity index (χ4n) is 4.64. The fourth-order valence-corrected chi connectivity index (χ4v) is 5.67. The number of amides is 1. The summed E-state index contributed by atoms with van der Waals surface area (Å²) in [5.41, 5.74) is 3.27. The number of rotatable bonds is 6. The summed E-state index contributed by atoms with van der Waals surface area (Å²) in [5, 5.41) is 0.402. The molecule has 3 aromatic rings. The summed E-state index contributed by atoms with van der Waals surface area (Å²) in [5.74, 6) is -1.50. The van der Waals surface area contributed by atoms with Crippen LogP contribution in [0.4, 0.5) is 13.9 Å². The Labute approximate surface area is 196 Å². The molecule has 33 heavy (non-hydrogen) atoms. The van der Waals surface area contributed by atoms with E-state index in [2.05, 4.69) is 16.0 Å². The second kappa shape index (κ2) is 9.83. The highest BCUT2D eigenvalue weighted by molar-refractivity contribution is 7.22. The summed E-state index contributed by atoms with van der Waals surface area (Å²) >= 11 is 1.15. The van der Waals surface area contributed by atoms with Gasteiger partial charge in [0.25, 0.3) is 5.91 Å². The molecule has 1 saturated heterocycles. The number of aryl methyl sites for hydroxylation is 2. The Balaban J connectivity index is 1.43. The van der Waals surface area contributed by atoms with Crippen molar-refractivity contribution < 1.29 is 18.3 Å². The largest absolute Gasteiger partial charge is 0.379 e. The molecule has 0 spiro atoms. The number of ether oxygens (including phenoxy) is 1. The first-order chi connectivity index (χ1) is 16.1. The van der Waals surface area contributed by atoms with Crippen molar-refractivity contribution in [2.45, 2.75) is 32.1 Å². The number of aromatic nitrogens is 1. The van der Waals surface area contributed by atoms with Gasteiger partial charge in [-0.15, -0.1) is 0 Å². The van der Waals surface area contributed by atoms with Crippen molar-refractivity contribution in [3.05, 3.63) is 58.7 Å². The maximum absolute atomic E-state index is 14.3. The highest BCUT2D eigenvalue weighted by atomic mass is 32.1. The van der Waals surface area contributed by atoms with E-state index in [1.54, 1.807) is 4.90 Å². The van der Waals surface area contributed by atoms with E-state index in [1.165, 1.54) is 23.6 Å². The molecular weight excluding hydrogens is 444 g/mol. The van der Waals surface area contributed by atoms with Gasteiger partial charge in [0.15, 0.2) is 10.9 Å². The monoisotopic (exact) mass is 471 g/mol. The number of carbonyl (C=O) groups excluding carboxylic acids is 1. The molecular formula is C25H27F2N3O2S. The van der Waals surface area contributed by atoms with Crippen LogP contribution in [0.1, 0.15) is 40.7 Å². The van der Waals surface area contributed by atoms with Gasteiger partial charge in [-0.05, 0) is 61.4 Å². The predicted molar refractivity (Wildman–Crippen MR) is 126 cm³/mol. The van der Waals surface area contributed by atoms with Gasteiger partial charge in [0.2, 0.25) is 0 Å². The van der Waals surface area contributed by atoms with Gasteiger partial charge in [0.05, 0.1) is 17.9 Å². The first-order valence-electron chi connectivity index (χ1n) is 11.6. The van der Waals surface area contributed by atoms with Crippen LogP contribution in [0.2, 0.25) is 0 Å². The maximum Gasteiger partial charge on any atom is 0.260 e. The van der Waals surface area contributed by atoms with Crippen molar-refractivity contribution in [3.8, 4) is 0 Å². The molecule has 174 valence electrons. The van der Waals surface area contributed by atoms with E-state index in [-0.39, 0.29) is 11.4 Å². The van der Waals surface area contributed by atoms with Crippen molar-refractivity contribution in [3.63, 3.8) is 0 Å². The number of fused-ring (bicyclic) bond motifs is 2. The van der Waals surface area contributed by atoms with Gasteiger partial charge in [0, 0.05) is 37.8 Å². The lowest BCUT2D eigenvalue weighted by Gasteiger charge is -2.28. The van der Waals surface area contributed by atoms with Gasteiger partial charge >= 0.3 is 0 Å². The average Bonchev–Trinajstić information content (AvgIpc) is 3.26.